The standard InChI is InChI=1S/C13H18F2O2/c1-10-2-4-11(5-3-10)8-12(16)6-7-17-9-13(14)15/h2-5,12-13,16H,6-9H2,1H3. The number of rotatable bonds is 7. The predicted molar refractivity (Wildman–Crippen MR) is 62.3 cm³/mol. The summed E-state index contributed by atoms with van der Waals surface area (Å²) in [6.45, 7) is 1.60. The van der Waals surface area contributed by atoms with Crippen LogP contribution in [0.4, 0.5) is 8.78 Å². The van der Waals surface area contributed by atoms with Crippen LogP contribution in [0.15, 0.2) is 24.3 Å². The molecule has 0 aliphatic heterocycles. The summed E-state index contributed by atoms with van der Waals surface area (Å²) in [5, 5.41) is 9.67. The SMILES string of the molecule is Cc1ccc(CC(O)CCOCC(F)F)cc1. The van der Waals surface area contributed by atoms with E-state index in [1.54, 1.807) is 0 Å². The van der Waals surface area contributed by atoms with Crippen molar-refractivity contribution in [3.05, 3.63) is 35.4 Å². The lowest BCUT2D eigenvalue weighted by atomic mass is 10.0. The van der Waals surface area contributed by atoms with Gasteiger partial charge in [-0.3, -0.25) is 0 Å². The van der Waals surface area contributed by atoms with E-state index in [9.17, 15) is 13.9 Å². The van der Waals surface area contributed by atoms with Crippen molar-refractivity contribution in [2.45, 2.75) is 32.3 Å². The summed E-state index contributed by atoms with van der Waals surface area (Å²) in [5.74, 6) is 0. The van der Waals surface area contributed by atoms with Crippen molar-refractivity contribution in [3.8, 4) is 0 Å². The zero-order chi connectivity index (χ0) is 12.7. The van der Waals surface area contributed by atoms with E-state index in [0.717, 1.165) is 5.56 Å². The van der Waals surface area contributed by atoms with Gasteiger partial charge < -0.3 is 9.84 Å². The molecule has 1 aromatic carbocycles. The normalized spacial score (nSPS) is 13.0. The third-order valence-electron chi connectivity index (χ3n) is 2.43. The molecule has 96 valence electrons. The van der Waals surface area contributed by atoms with Crippen LogP contribution in [0.25, 0.3) is 0 Å². The highest BCUT2D eigenvalue weighted by Crippen LogP contribution is 2.08. The fraction of sp³-hybridized carbons (Fsp3) is 0.538. The molecule has 17 heavy (non-hydrogen) atoms. The molecule has 0 radical (unpaired) electrons. The maximum atomic E-state index is 11.8. The first-order chi connectivity index (χ1) is 8.08. The molecule has 0 aromatic heterocycles. The molecule has 4 heteroatoms. The molecule has 0 spiro atoms. The molecule has 2 nitrogen and oxygen atoms in total. The van der Waals surface area contributed by atoms with Gasteiger partial charge in [0.1, 0.15) is 6.61 Å². The first-order valence-electron chi connectivity index (χ1n) is 5.67. The molecular formula is C13H18F2O2. The number of aliphatic hydroxyl groups excluding tert-OH is 1. The van der Waals surface area contributed by atoms with Gasteiger partial charge in [0.05, 0.1) is 6.10 Å². The molecule has 1 unspecified atom stereocenters. The Morgan fingerprint density at radius 1 is 1.24 bits per heavy atom. The summed E-state index contributed by atoms with van der Waals surface area (Å²) in [6.07, 6.45) is -2.08. The minimum atomic E-state index is -2.44. The highest BCUT2D eigenvalue weighted by molar-refractivity contribution is 5.21. The van der Waals surface area contributed by atoms with Crippen LogP contribution in [0.1, 0.15) is 17.5 Å². The van der Waals surface area contributed by atoms with Gasteiger partial charge in [0, 0.05) is 6.61 Å². The van der Waals surface area contributed by atoms with E-state index in [-0.39, 0.29) is 6.61 Å². The fourth-order valence-electron chi connectivity index (χ4n) is 1.49. The first kappa shape index (κ1) is 14.1. The smallest absolute Gasteiger partial charge is 0.261 e. The Balaban J connectivity index is 2.20. The van der Waals surface area contributed by atoms with E-state index in [4.69, 9.17) is 4.74 Å². The maximum absolute atomic E-state index is 11.8. The van der Waals surface area contributed by atoms with Crippen molar-refractivity contribution in [3.63, 3.8) is 0 Å². The Kier molecular flexibility index (Phi) is 6.08. The minimum absolute atomic E-state index is 0.164. The summed E-state index contributed by atoms with van der Waals surface area (Å²) in [7, 11) is 0. The molecule has 0 saturated heterocycles. The van der Waals surface area contributed by atoms with Gasteiger partial charge in [0.25, 0.3) is 6.43 Å². The highest BCUT2D eigenvalue weighted by Gasteiger charge is 2.07. The Morgan fingerprint density at radius 3 is 2.47 bits per heavy atom. The molecule has 0 saturated carbocycles. The Labute approximate surface area is 100 Å². The zero-order valence-electron chi connectivity index (χ0n) is 9.90. The second-order valence-corrected chi connectivity index (χ2v) is 4.10. The van der Waals surface area contributed by atoms with E-state index in [1.807, 2.05) is 31.2 Å². The van der Waals surface area contributed by atoms with Crippen molar-refractivity contribution >= 4 is 0 Å². The largest absolute Gasteiger partial charge is 0.393 e. The average Bonchev–Trinajstić information content (AvgIpc) is 2.27. The summed E-state index contributed by atoms with van der Waals surface area (Å²) >= 11 is 0. The summed E-state index contributed by atoms with van der Waals surface area (Å²) < 4.78 is 28.2. The molecular weight excluding hydrogens is 226 g/mol. The maximum Gasteiger partial charge on any atom is 0.261 e. The minimum Gasteiger partial charge on any atom is -0.393 e. The third-order valence-corrected chi connectivity index (χ3v) is 2.43. The quantitative estimate of drug-likeness (QED) is 0.747. The van der Waals surface area contributed by atoms with Crippen molar-refractivity contribution in [2.24, 2.45) is 0 Å². The van der Waals surface area contributed by atoms with Gasteiger partial charge in [0.15, 0.2) is 0 Å². The molecule has 0 bridgehead atoms. The second kappa shape index (κ2) is 7.35. The van der Waals surface area contributed by atoms with E-state index in [2.05, 4.69) is 0 Å². The first-order valence-corrected chi connectivity index (χ1v) is 5.67. The van der Waals surface area contributed by atoms with E-state index in [0.29, 0.717) is 12.8 Å². The van der Waals surface area contributed by atoms with E-state index in [1.165, 1.54) is 5.56 Å². The molecule has 0 aliphatic carbocycles. The Morgan fingerprint density at radius 2 is 1.88 bits per heavy atom. The van der Waals surface area contributed by atoms with Crippen molar-refractivity contribution in [2.75, 3.05) is 13.2 Å². The Bertz CT molecular complexity index is 312. The number of ether oxygens (including phenoxy) is 1. The second-order valence-electron chi connectivity index (χ2n) is 4.10. The molecule has 0 heterocycles. The molecule has 1 atom stereocenters. The monoisotopic (exact) mass is 244 g/mol. The summed E-state index contributed by atoms with van der Waals surface area (Å²) in [5.41, 5.74) is 2.21. The molecule has 0 fully saturated rings. The van der Waals surface area contributed by atoms with Crippen LogP contribution in [-0.2, 0) is 11.2 Å². The lowest BCUT2D eigenvalue weighted by Crippen LogP contribution is -2.15. The van der Waals surface area contributed by atoms with Gasteiger partial charge >= 0.3 is 0 Å². The lowest BCUT2D eigenvalue weighted by molar-refractivity contribution is 0.00512. The molecule has 0 aliphatic rings. The van der Waals surface area contributed by atoms with Gasteiger partial charge in [0.2, 0.25) is 0 Å². The third kappa shape index (κ3) is 6.34. The molecule has 1 rings (SSSR count). The van der Waals surface area contributed by atoms with Gasteiger partial charge in [-0.2, -0.15) is 0 Å². The number of alkyl halides is 2. The molecule has 1 N–H and O–H groups in total. The number of aryl methyl sites for hydroxylation is 1. The predicted octanol–water partition coefficient (Wildman–Crippen LogP) is 2.57. The van der Waals surface area contributed by atoms with Crippen LogP contribution in [-0.4, -0.2) is 30.8 Å². The van der Waals surface area contributed by atoms with Crippen LogP contribution < -0.4 is 0 Å². The average molecular weight is 244 g/mol. The van der Waals surface area contributed by atoms with Gasteiger partial charge in [-0.1, -0.05) is 29.8 Å². The van der Waals surface area contributed by atoms with Crippen LogP contribution in [0.2, 0.25) is 0 Å². The number of hydrogen-bond donors (Lipinski definition) is 1. The number of hydrogen-bond acceptors (Lipinski definition) is 2. The lowest BCUT2D eigenvalue weighted by Gasteiger charge is -2.11. The van der Waals surface area contributed by atoms with E-state index >= 15 is 0 Å². The van der Waals surface area contributed by atoms with Gasteiger partial charge in [-0.05, 0) is 25.3 Å². The van der Waals surface area contributed by atoms with Gasteiger partial charge in [-0.15, -0.1) is 0 Å². The zero-order valence-corrected chi connectivity index (χ0v) is 9.90. The molecule has 1 aromatic rings. The van der Waals surface area contributed by atoms with Gasteiger partial charge in [-0.25, -0.2) is 8.78 Å². The number of benzene rings is 1. The summed E-state index contributed by atoms with van der Waals surface area (Å²) in [4.78, 5) is 0. The van der Waals surface area contributed by atoms with E-state index < -0.39 is 19.1 Å². The molecule has 0 amide bonds. The summed E-state index contributed by atoms with van der Waals surface area (Å²) in [6, 6.07) is 7.88. The fourth-order valence-corrected chi connectivity index (χ4v) is 1.49. The van der Waals surface area contributed by atoms with Crippen molar-refractivity contribution < 1.29 is 18.6 Å². The van der Waals surface area contributed by atoms with Crippen LogP contribution in [0, 0.1) is 6.92 Å². The number of halogens is 2. The van der Waals surface area contributed by atoms with Crippen LogP contribution in [0.3, 0.4) is 0 Å². The highest BCUT2D eigenvalue weighted by atomic mass is 19.3. The van der Waals surface area contributed by atoms with Crippen molar-refractivity contribution in [1.29, 1.82) is 0 Å². The Hall–Kier alpha value is -1.00. The van der Waals surface area contributed by atoms with Crippen molar-refractivity contribution in [1.82, 2.24) is 0 Å². The van der Waals surface area contributed by atoms with Crippen LogP contribution >= 0.6 is 0 Å². The van der Waals surface area contributed by atoms with Crippen LogP contribution in [0.5, 0.6) is 0 Å². The number of aliphatic hydroxyl groups is 1. The topological polar surface area (TPSA) is 29.5 Å².